The zero-order valence-electron chi connectivity index (χ0n) is 12.7. The van der Waals surface area contributed by atoms with Crippen molar-refractivity contribution in [3.63, 3.8) is 0 Å². The average molecular weight is 375 g/mol. The van der Waals surface area contributed by atoms with Gasteiger partial charge in [-0.1, -0.05) is 0 Å². The van der Waals surface area contributed by atoms with Crippen molar-refractivity contribution >= 4 is 16.0 Å². The van der Waals surface area contributed by atoms with Crippen molar-refractivity contribution in [2.75, 3.05) is 7.11 Å². The van der Waals surface area contributed by atoms with Crippen LogP contribution in [0.3, 0.4) is 0 Å². The van der Waals surface area contributed by atoms with Gasteiger partial charge >= 0.3 is 16.3 Å². The lowest BCUT2D eigenvalue weighted by molar-refractivity contribution is -0.137. The number of carbonyl (C=O) groups is 1. The largest absolute Gasteiger partial charge is 0.497 e. The van der Waals surface area contributed by atoms with E-state index in [1.54, 1.807) is 0 Å². The van der Waals surface area contributed by atoms with Crippen molar-refractivity contribution in [3.8, 4) is 11.5 Å². The first-order valence-corrected chi connectivity index (χ1v) is 8.05. The first kappa shape index (κ1) is 18.6. The maximum Gasteiger partial charge on any atom is 0.416 e. The summed E-state index contributed by atoms with van der Waals surface area (Å²) in [7, 11) is -3.17. The van der Waals surface area contributed by atoms with Crippen LogP contribution in [0.5, 0.6) is 11.5 Å². The number of benzene rings is 2. The summed E-state index contributed by atoms with van der Waals surface area (Å²) in [5.41, 5.74) is 3.92. The van der Waals surface area contributed by atoms with Gasteiger partial charge in [-0.25, -0.2) is 0 Å². The Morgan fingerprint density at radius 3 is 2.16 bits per heavy atom. The van der Waals surface area contributed by atoms with Crippen LogP contribution in [0.15, 0.2) is 47.4 Å². The number of hydrogen-bond acceptors (Lipinski definition) is 5. The highest BCUT2D eigenvalue weighted by Crippen LogP contribution is 2.31. The fourth-order valence-electron chi connectivity index (χ4n) is 1.88. The van der Waals surface area contributed by atoms with E-state index >= 15 is 0 Å². The molecular weight excluding hydrogens is 363 g/mol. The van der Waals surface area contributed by atoms with E-state index in [0.717, 1.165) is 18.2 Å². The van der Waals surface area contributed by atoms with Crippen molar-refractivity contribution in [1.29, 1.82) is 0 Å². The number of primary amides is 1. The second-order valence-electron chi connectivity index (χ2n) is 4.79. The summed E-state index contributed by atoms with van der Waals surface area (Å²) in [6.07, 6.45) is -4.60. The van der Waals surface area contributed by atoms with Gasteiger partial charge in [-0.05, 0) is 36.4 Å². The molecule has 0 aliphatic rings. The van der Waals surface area contributed by atoms with Crippen LogP contribution in [0.4, 0.5) is 13.2 Å². The third-order valence-electron chi connectivity index (χ3n) is 3.12. The first-order valence-electron chi connectivity index (χ1n) is 6.64. The molecule has 0 aromatic heterocycles. The average Bonchev–Trinajstić information content (AvgIpc) is 2.53. The summed E-state index contributed by atoms with van der Waals surface area (Å²) in [4.78, 5) is 10.9. The molecule has 0 saturated carbocycles. The monoisotopic (exact) mass is 375 g/mol. The Labute approximate surface area is 141 Å². The molecule has 6 nitrogen and oxygen atoms in total. The van der Waals surface area contributed by atoms with Crippen molar-refractivity contribution in [3.05, 3.63) is 53.6 Å². The zero-order chi connectivity index (χ0) is 18.8. The van der Waals surface area contributed by atoms with E-state index in [9.17, 15) is 26.4 Å². The van der Waals surface area contributed by atoms with Crippen LogP contribution in [0.25, 0.3) is 0 Å². The number of ether oxygens (including phenoxy) is 1. The minimum atomic E-state index is -4.60. The summed E-state index contributed by atoms with van der Waals surface area (Å²) in [5.74, 6) is -1.14. The highest BCUT2D eigenvalue weighted by Gasteiger charge is 2.31. The Morgan fingerprint density at radius 1 is 1.08 bits per heavy atom. The minimum absolute atomic E-state index is 0.197. The van der Waals surface area contributed by atoms with Crippen molar-refractivity contribution in [2.45, 2.75) is 11.1 Å². The standard InChI is InChI=1S/C15H12F3NO5S/c1-23-10-4-7-12(14(19)20)13(8-10)24-25(21,22)11-5-2-9(3-6-11)15(16,17)18/h2-8H,1H3,(H2,19,20). The smallest absolute Gasteiger partial charge is 0.416 e. The molecule has 134 valence electrons. The van der Waals surface area contributed by atoms with E-state index in [0.29, 0.717) is 12.1 Å². The number of nitrogens with two attached hydrogens (primary N) is 1. The number of amides is 1. The van der Waals surface area contributed by atoms with E-state index in [1.807, 2.05) is 0 Å². The fourth-order valence-corrected chi connectivity index (χ4v) is 2.82. The molecule has 0 saturated heterocycles. The molecule has 0 aliphatic heterocycles. The van der Waals surface area contributed by atoms with Crippen LogP contribution < -0.4 is 14.7 Å². The van der Waals surface area contributed by atoms with E-state index in [2.05, 4.69) is 0 Å². The number of methoxy groups -OCH3 is 1. The summed E-state index contributed by atoms with van der Waals surface area (Å²) in [6, 6.07) is 6.43. The van der Waals surface area contributed by atoms with Crippen LogP contribution in [0.2, 0.25) is 0 Å². The molecule has 25 heavy (non-hydrogen) atoms. The maximum absolute atomic E-state index is 12.5. The lowest BCUT2D eigenvalue weighted by atomic mass is 10.2. The van der Waals surface area contributed by atoms with E-state index in [1.165, 1.54) is 19.2 Å². The molecule has 0 fully saturated rings. The molecule has 2 aromatic carbocycles. The molecule has 2 rings (SSSR count). The van der Waals surface area contributed by atoms with Gasteiger partial charge in [0.15, 0.2) is 5.75 Å². The van der Waals surface area contributed by atoms with Crippen molar-refractivity contribution < 1.29 is 35.3 Å². The summed E-state index contributed by atoms with van der Waals surface area (Å²) in [5, 5.41) is 0. The first-order chi connectivity index (χ1) is 11.5. The lowest BCUT2D eigenvalue weighted by Gasteiger charge is -2.12. The molecule has 2 aromatic rings. The van der Waals surface area contributed by atoms with Gasteiger partial charge in [-0.3, -0.25) is 4.79 Å². The SMILES string of the molecule is COc1ccc(C(N)=O)c(OS(=O)(=O)c2ccc(C(F)(F)F)cc2)c1. The van der Waals surface area contributed by atoms with Crippen LogP contribution in [-0.2, 0) is 16.3 Å². The summed E-state index contributed by atoms with van der Waals surface area (Å²) >= 11 is 0. The van der Waals surface area contributed by atoms with Gasteiger partial charge in [0.05, 0.1) is 18.2 Å². The molecule has 0 atom stereocenters. The predicted molar refractivity (Wildman–Crippen MR) is 80.8 cm³/mol. The number of hydrogen-bond donors (Lipinski definition) is 1. The predicted octanol–water partition coefficient (Wildman–Crippen LogP) is 2.58. The van der Waals surface area contributed by atoms with Crippen LogP contribution in [0, 0.1) is 0 Å². The van der Waals surface area contributed by atoms with Gasteiger partial charge in [-0.15, -0.1) is 0 Å². The molecule has 0 radical (unpaired) electrons. The molecule has 10 heteroatoms. The normalized spacial score (nSPS) is 11.8. The fraction of sp³-hybridized carbons (Fsp3) is 0.133. The lowest BCUT2D eigenvalue weighted by Crippen LogP contribution is -2.16. The quantitative estimate of drug-likeness (QED) is 0.811. The second kappa shape index (κ2) is 6.63. The summed E-state index contributed by atoms with van der Waals surface area (Å²) in [6.45, 7) is 0. The third-order valence-corrected chi connectivity index (χ3v) is 4.37. The van der Waals surface area contributed by atoms with Gasteiger partial charge in [-0.2, -0.15) is 21.6 Å². The summed E-state index contributed by atoms with van der Waals surface area (Å²) < 4.78 is 71.9. The number of carbonyl (C=O) groups excluding carboxylic acids is 1. The number of halogens is 3. The van der Waals surface area contributed by atoms with Gasteiger partial charge in [0.25, 0.3) is 5.91 Å². The highest BCUT2D eigenvalue weighted by molar-refractivity contribution is 7.87. The number of rotatable bonds is 5. The molecule has 0 heterocycles. The zero-order valence-corrected chi connectivity index (χ0v) is 13.5. The topological polar surface area (TPSA) is 95.7 Å². The molecule has 0 aliphatic carbocycles. The van der Waals surface area contributed by atoms with Crippen LogP contribution in [-0.4, -0.2) is 21.4 Å². The third kappa shape index (κ3) is 4.21. The van der Waals surface area contributed by atoms with E-state index < -0.39 is 38.4 Å². The van der Waals surface area contributed by atoms with Gasteiger partial charge in [0.2, 0.25) is 0 Å². The van der Waals surface area contributed by atoms with E-state index in [4.69, 9.17) is 14.7 Å². The molecule has 0 spiro atoms. The Balaban J connectivity index is 2.40. The molecule has 1 amide bonds. The highest BCUT2D eigenvalue weighted by atomic mass is 32.2. The maximum atomic E-state index is 12.5. The molecule has 0 bridgehead atoms. The Kier molecular flexibility index (Phi) is 4.93. The van der Waals surface area contributed by atoms with Gasteiger partial charge in [0.1, 0.15) is 10.6 Å². The Bertz CT molecular complexity index is 892. The second-order valence-corrected chi connectivity index (χ2v) is 6.33. The Hall–Kier alpha value is -2.75. The molecular formula is C15H12F3NO5S. The van der Waals surface area contributed by atoms with Gasteiger partial charge in [0, 0.05) is 6.07 Å². The van der Waals surface area contributed by atoms with Gasteiger partial charge < -0.3 is 14.7 Å². The minimum Gasteiger partial charge on any atom is -0.497 e. The van der Waals surface area contributed by atoms with Crippen LogP contribution >= 0.6 is 0 Å². The Morgan fingerprint density at radius 2 is 1.68 bits per heavy atom. The van der Waals surface area contributed by atoms with Crippen molar-refractivity contribution in [1.82, 2.24) is 0 Å². The number of alkyl halides is 3. The molecule has 2 N–H and O–H groups in total. The molecule has 0 unspecified atom stereocenters. The van der Waals surface area contributed by atoms with E-state index in [-0.39, 0.29) is 11.3 Å². The van der Waals surface area contributed by atoms with Crippen molar-refractivity contribution in [2.24, 2.45) is 5.73 Å². The van der Waals surface area contributed by atoms with Crippen LogP contribution in [0.1, 0.15) is 15.9 Å².